The standard InChI is InChI=1S/C16H29N/c1-3-4-5-6-7-13(2)17-12-16-11-14-8-9-15(16)10-14/h8-9,13-17H,3-7,10-12H2,1-2H3. The lowest BCUT2D eigenvalue weighted by Crippen LogP contribution is -2.32. The average molecular weight is 235 g/mol. The van der Waals surface area contributed by atoms with Gasteiger partial charge >= 0.3 is 0 Å². The monoisotopic (exact) mass is 235 g/mol. The second-order valence-electron chi connectivity index (χ2n) is 6.20. The number of rotatable bonds is 8. The molecule has 0 radical (unpaired) electrons. The fourth-order valence-electron chi connectivity index (χ4n) is 3.46. The van der Waals surface area contributed by atoms with Crippen molar-refractivity contribution in [3.63, 3.8) is 0 Å². The van der Waals surface area contributed by atoms with Crippen LogP contribution < -0.4 is 5.32 Å². The summed E-state index contributed by atoms with van der Waals surface area (Å²) < 4.78 is 0. The molecule has 2 aliphatic rings. The highest BCUT2D eigenvalue weighted by Crippen LogP contribution is 2.42. The highest BCUT2D eigenvalue weighted by atomic mass is 14.9. The third-order valence-corrected chi connectivity index (χ3v) is 4.64. The van der Waals surface area contributed by atoms with Gasteiger partial charge in [0.2, 0.25) is 0 Å². The Labute approximate surface area is 107 Å². The minimum Gasteiger partial charge on any atom is -0.314 e. The van der Waals surface area contributed by atoms with Crippen molar-refractivity contribution >= 4 is 0 Å². The van der Waals surface area contributed by atoms with Crippen LogP contribution in [-0.2, 0) is 0 Å². The van der Waals surface area contributed by atoms with Crippen molar-refractivity contribution in [2.24, 2.45) is 17.8 Å². The SMILES string of the molecule is CCCCCCC(C)NCC1CC2C=CC1C2. The smallest absolute Gasteiger partial charge is 0.00388 e. The van der Waals surface area contributed by atoms with E-state index in [2.05, 4.69) is 31.3 Å². The number of hydrogen-bond donors (Lipinski definition) is 1. The summed E-state index contributed by atoms with van der Waals surface area (Å²) in [5, 5.41) is 3.75. The van der Waals surface area contributed by atoms with E-state index in [4.69, 9.17) is 0 Å². The van der Waals surface area contributed by atoms with E-state index in [0.717, 1.165) is 23.8 Å². The van der Waals surface area contributed by atoms with Crippen LogP contribution in [0.25, 0.3) is 0 Å². The summed E-state index contributed by atoms with van der Waals surface area (Å²) in [5.41, 5.74) is 0. The number of fused-ring (bicyclic) bond motifs is 2. The first kappa shape index (κ1) is 13.1. The van der Waals surface area contributed by atoms with Crippen molar-refractivity contribution in [1.29, 1.82) is 0 Å². The molecule has 1 N–H and O–H groups in total. The van der Waals surface area contributed by atoms with Gasteiger partial charge in [-0.3, -0.25) is 0 Å². The first-order valence-electron chi connectivity index (χ1n) is 7.71. The van der Waals surface area contributed by atoms with Crippen LogP contribution in [0.2, 0.25) is 0 Å². The Hall–Kier alpha value is -0.300. The molecule has 0 aromatic rings. The number of unbranched alkanes of at least 4 members (excludes halogenated alkanes) is 3. The van der Waals surface area contributed by atoms with Crippen LogP contribution in [-0.4, -0.2) is 12.6 Å². The fraction of sp³-hybridized carbons (Fsp3) is 0.875. The van der Waals surface area contributed by atoms with Gasteiger partial charge in [0.25, 0.3) is 0 Å². The molecule has 0 spiro atoms. The van der Waals surface area contributed by atoms with Crippen LogP contribution in [0.5, 0.6) is 0 Å². The minimum atomic E-state index is 0.718. The number of hydrogen-bond acceptors (Lipinski definition) is 1. The summed E-state index contributed by atoms with van der Waals surface area (Å²) in [4.78, 5) is 0. The van der Waals surface area contributed by atoms with Gasteiger partial charge in [-0.05, 0) is 50.5 Å². The summed E-state index contributed by atoms with van der Waals surface area (Å²) in [6, 6.07) is 0.718. The maximum atomic E-state index is 3.75. The third-order valence-electron chi connectivity index (χ3n) is 4.64. The quantitative estimate of drug-likeness (QED) is 0.492. The van der Waals surface area contributed by atoms with Gasteiger partial charge in [-0.15, -0.1) is 0 Å². The topological polar surface area (TPSA) is 12.0 Å². The van der Waals surface area contributed by atoms with Crippen LogP contribution in [0.15, 0.2) is 12.2 Å². The molecular weight excluding hydrogens is 206 g/mol. The van der Waals surface area contributed by atoms with Gasteiger partial charge in [0, 0.05) is 6.04 Å². The Morgan fingerprint density at radius 3 is 2.71 bits per heavy atom. The summed E-state index contributed by atoms with van der Waals surface area (Å²) in [6.45, 7) is 5.89. The van der Waals surface area contributed by atoms with Crippen LogP contribution in [0, 0.1) is 17.8 Å². The molecule has 1 heteroatoms. The number of allylic oxidation sites excluding steroid dienone is 2. The molecule has 0 aliphatic heterocycles. The van der Waals surface area contributed by atoms with Crippen LogP contribution >= 0.6 is 0 Å². The molecule has 0 aromatic heterocycles. The minimum absolute atomic E-state index is 0.718. The van der Waals surface area contributed by atoms with E-state index >= 15 is 0 Å². The van der Waals surface area contributed by atoms with Gasteiger partial charge < -0.3 is 5.32 Å². The lowest BCUT2D eigenvalue weighted by Gasteiger charge is -2.21. The summed E-state index contributed by atoms with van der Waals surface area (Å²) in [5.74, 6) is 2.76. The molecule has 98 valence electrons. The molecule has 1 fully saturated rings. The second kappa shape index (κ2) is 6.58. The fourth-order valence-corrected chi connectivity index (χ4v) is 3.46. The molecule has 1 saturated carbocycles. The highest BCUT2D eigenvalue weighted by Gasteiger charge is 2.35. The summed E-state index contributed by atoms with van der Waals surface area (Å²) >= 11 is 0. The molecule has 2 rings (SSSR count). The molecular formula is C16H29N. The van der Waals surface area contributed by atoms with Gasteiger partial charge in [0.05, 0.1) is 0 Å². The van der Waals surface area contributed by atoms with Gasteiger partial charge in [-0.25, -0.2) is 0 Å². The Bertz CT molecular complexity index is 246. The third kappa shape index (κ3) is 3.84. The van der Waals surface area contributed by atoms with Crippen molar-refractivity contribution in [3.8, 4) is 0 Å². The van der Waals surface area contributed by atoms with E-state index in [-0.39, 0.29) is 0 Å². The molecule has 2 bridgehead atoms. The molecule has 4 atom stereocenters. The van der Waals surface area contributed by atoms with E-state index in [9.17, 15) is 0 Å². The Morgan fingerprint density at radius 1 is 1.18 bits per heavy atom. The Balaban J connectivity index is 1.54. The normalized spacial score (nSPS) is 32.2. The van der Waals surface area contributed by atoms with E-state index < -0.39 is 0 Å². The van der Waals surface area contributed by atoms with E-state index in [1.807, 2.05) is 0 Å². The van der Waals surface area contributed by atoms with E-state index in [1.54, 1.807) is 0 Å². The first-order chi connectivity index (χ1) is 8.29. The zero-order valence-electron chi connectivity index (χ0n) is 11.6. The Morgan fingerprint density at radius 2 is 2.06 bits per heavy atom. The highest BCUT2D eigenvalue weighted by molar-refractivity contribution is 5.10. The maximum absolute atomic E-state index is 3.75. The van der Waals surface area contributed by atoms with Crippen LogP contribution in [0.4, 0.5) is 0 Å². The molecule has 0 saturated heterocycles. The summed E-state index contributed by atoms with van der Waals surface area (Å²) in [6.07, 6.45) is 14.7. The molecule has 0 aromatic carbocycles. The van der Waals surface area contributed by atoms with E-state index in [1.165, 1.54) is 51.5 Å². The predicted octanol–water partition coefficient (Wildman–Crippen LogP) is 4.15. The van der Waals surface area contributed by atoms with Crippen molar-refractivity contribution in [1.82, 2.24) is 5.32 Å². The Kier molecular flexibility index (Phi) is 5.09. The lowest BCUT2D eigenvalue weighted by atomic mass is 9.93. The van der Waals surface area contributed by atoms with Crippen molar-refractivity contribution in [2.75, 3.05) is 6.54 Å². The largest absolute Gasteiger partial charge is 0.314 e. The van der Waals surface area contributed by atoms with Gasteiger partial charge in [0.15, 0.2) is 0 Å². The van der Waals surface area contributed by atoms with Crippen molar-refractivity contribution in [3.05, 3.63) is 12.2 Å². The van der Waals surface area contributed by atoms with Crippen molar-refractivity contribution in [2.45, 2.75) is 64.8 Å². The maximum Gasteiger partial charge on any atom is 0.00388 e. The van der Waals surface area contributed by atoms with E-state index in [0.29, 0.717) is 0 Å². The van der Waals surface area contributed by atoms with Crippen LogP contribution in [0.1, 0.15) is 58.8 Å². The summed E-state index contributed by atoms with van der Waals surface area (Å²) in [7, 11) is 0. The molecule has 0 amide bonds. The second-order valence-corrected chi connectivity index (χ2v) is 6.20. The zero-order valence-corrected chi connectivity index (χ0v) is 11.6. The molecule has 1 nitrogen and oxygen atoms in total. The molecule has 0 heterocycles. The van der Waals surface area contributed by atoms with Gasteiger partial charge in [0.1, 0.15) is 0 Å². The van der Waals surface area contributed by atoms with Gasteiger partial charge in [-0.2, -0.15) is 0 Å². The zero-order chi connectivity index (χ0) is 12.1. The molecule has 2 aliphatic carbocycles. The predicted molar refractivity (Wildman–Crippen MR) is 75.1 cm³/mol. The van der Waals surface area contributed by atoms with Crippen molar-refractivity contribution < 1.29 is 0 Å². The van der Waals surface area contributed by atoms with Gasteiger partial charge in [-0.1, -0.05) is 44.8 Å². The van der Waals surface area contributed by atoms with Crippen LogP contribution in [0.3, 0.4) is 0 Å². The first-order valence-corrected chi connectivity index (χ1v) is 7.71. The number of nitrogens with one attached hydrogen (secondary N) is 1. The lowest BCUT2D eigenvalue weighted by molar-refractivity contribution is 0.377. The molecule has 4 unspecified atom stereocenters. The average Bonchev–Trinajstić information content (AvgIpc) is 2.94. The molecule has 17 heavy (non-hydrogen) atoms.